The second kappa shape index (κ2) is 8.55. The quantitative estimate of drug-likeness (QED) is 0.440. The fourth-order valence-corrected chi connectivity index (χ4v) is 2.89. The van der Waals surface area contributed by atoms with Crippen LogP contribution < -0.4 is 9.47 Å². The molecule has 0 aliphatic carbocycles. The Morgan fingerprint density at radius 1 is 0.774 bits per heavy atom. The van der Waals surface area contributed by atoms with Gasteiger partial charge in [-0.05, 0) is 29.8 Å². The molecule has 0 bridgehead atoms. The summed E-state index contributed by atoms with van der Waals surface area (Å²) in [4.78, 5) is 4.14. The summed E-state index contributed by atoms with van der Waals surface area (Å²) in [5.41, 5.74) is 0.173. The number of pyridine rings is 1. The molecule has 4 nitrogen and oxygen atoms in total. The molecule has 0 aliphatic rings. The Labute approximate surface area is 172 Å². The Morgan fingerprint density at radius 3 is 1.84 bits per heavy atom. The van der Waals surface area contributed by atoms with Crippen LogP contribution in [0, 0.1) is 11.3 Å². The van der Waals surface area contributed by atoms with Gasteiger partial charge in [-0.3, -0.25) is 4.98 Å². The zero-order valence-electron chi connectivity index (χ0n) is 15.5. The van der Waals surface area contributed by atoms with Gasteiger partial charge in [0.1, 0.15) is 11.5 Å². The minimum Gasteiger partial charge on any atom is -0.405 e. The second-order valence-corrected chi connectivity index (χ2v) is 6.16. The second-order valence-electron chi connectivity index (χ2n) is 6.16. The molecule has 0 unspecified atom stereocenters. The number of halogens is 6. The maximum absolute atomic E-state index is 12.9. The Bertz CT molecular complexity index is 1120. The van der Waals surface area contributed by atoms with Gasteiger partial charge in [-0.25, -0.2) is 0 Å². The van der Waals surface area contributed by atoms with E-state index in [0.29, 0.717) is 5.56 Å². The first-order chi connectivity index (χ1) is 14.6. The number of hydrogen-bond donors (Lipinski definition) is 0. The van der Waals surface area contributed by atoms with Crippen LogP contribution in [0.3, 0.4) is 0 Å². The number of benzene rings is 2. The molecule has 0 aliphatic heterocycles. The first kappa shape index (κ1) is 22.0. The van der Waals surface area contributed by atoms with Crippen LogP contribution in [0.2, 0.25) is 0 Å². The van der Waals surface area contributed by atoms with Crippen LogP contribution in [0.25, 0.3) is 22.4 Å². The van der Waals surface area contributed by atoms with Gasteiger partial charge in [0.05, 0.1) is 18.2 Å². The van der Waals surface area contributed by atoms with Crippen molar-refractivity contribution in [3.05, 3.63) is 66.4 Å². The summed E-state index contributed by atoms with van der Waals surface area (Å²) in [7, 11) is 0. The SMILES string of the molecule is N#CCc1cnc(-c2ccccc2OC(F)(F)F)c(-c2ccccc2OC(F)(F)F)c1. The summed E-state index contributed by atoms with van der Waals surface area (Å²) in [5, 5.41) is 8.95. The molecule has 31 heavy (non-hydrogen) atoms. The normalized spacial score (nSPS) is 11.6. The molecule has 0 saturated carbocycles. The molecule has 10 heteroatoms. The molecule has 2 aromatic carbocycles. The van der Waals surface area contributed by atoms with Crippen molar-refractivity contribution in [2.24, 2.45) is 0 Å². The maximum atomic E-state index is 12.9. The average Bonchev–Trinajstić information content (AvgIpc) is 2.67. The molecule has 0 spiro atoms. The highest BCUT2D eigenvalue weighted by Crippen LogP contribution is 2.42. The predicted molar refractivity (Wildman–Crippen MR) is 97.8 cm³/mol. The van der Waals surface area contributed by atoms with Crippen LogP contribution in [0.5, 0.6) is 11.5 Å². The van der Waals surface area contributed by atoms with Crippen molar-refractivity contribution in [2.75, 3.05) is 0 Å². The Hall–Kier alpha value is -3.74. The molecule has 0 N–H and O–H groups in total. The fraction of sp³-hybridized carbons (Fsp3) is 0.143. The van der Waals surface area contributed by atoms with Crippen molar-refractivity contribution in [3.63, 3.8) is 0 Å². The van der Waals surface area contributed by atoms with Crippen molar-refractivity contribution < 1.29 is 35.8 Å². The number of hydrogen-bond acceptors (Lipinski definition) is 4. The van der Waals surface area contributed by atoms with Gasteiger partial charge in [0.25, 0.3) is 0 Å². The van der Waals surface area contributed by atoms with Gasteiger partial charge in [0, 0.05) is 22.9 Å². The van der Waals surface area contributed by atoms with E-state index in [1.165, 1.54) is 48.7 Å². The summed E-state index contributed by atoms with van der Waals surface area (Å²) in [6.07, 6.45) is -8.83. The minimum absolute atomic E-state index is 0.0471. The Kier molecular flexibility index (Phi) is 6.06. The third-order valence-corrected chi connectivity index (χ3v) is 4.00. The summed E-state index contributed by atoms with van der Waals surface area (Å²) in [6.45, 7) is 0. The third-order valence-electron chi connectivity index (χ3n) is 4.00. The van der Waals surface area contributed by atoms with Crippen molar-refractivity contribution >= 4 is 0 Å². The number of rotatable bonds is 5. The molecular weight excluding hydrogens is 426 g/mol. The largest absolute Gasteiger partial charge is 0.573 e. The smallest absolute Gasteiger partial charge is 0.405 e. The van der Waals surface area contributed by atoms with E-state index in [1.54, 1.807) is 0 Å². The standard InChI is InChI=1S/C21H12F6N2O2/c22-20(23,24)30-17-7-3-1-5-14(17)16-11-13(9-10-28)12-29-19(16)15-6-2-4-8-18(15)31-21(25,26)27/h1-8,11-12H,9H2. The number of nitriles is 1. The molecule has 0 saturated heterocycles. The molecule has 1 heterocycles. The molecule has 1 aromatic heterocycles. The van der Waals surface area contributed by atoms with Gasteiger partial charge in [0.2, 0.25) is 0 Å². The van der Waals surface area contributed by atoms with E-state index < -0.39 is 24.2 Å². The number of nitrogens with zero attached hydrogens (tertiary/aromatic N) is 2. The van der Waals surface area contributed by atoms with E-state index in [-0.39, 0.29) is 28.8 Å². The summed E-state index contributed by atoms with van der Waals surface area (Å²) in [6, 6.07) is 13.5. The number of alkyl halides is 6. The number of aromatic nitrogens is 1. The molecule has 3 rings (SSSR count). The van der Waals surface area contributed by atoms with Crippen molar-refractivity contribution in [1.82, 2.24) is 4.98 Å². The van der Waals surface area contributed by atoms with E-state index in [9.17, 15) is 26.3 Å². The zero-order valence-corrected chi connectivity index (χ0v) is 15.5. The van der Waals surface area contributed by atoms with Crippen LogP contribution in [0.1, 0.15) is 5.56 Å². The Morgan fingerprint density at radius 2 is 1.29 bits per heavy atom. The lowest BCUT2D eigenvalue weighted by Crippen LogP contribution is -2.18. The molecule has 3 aromatic rings. The molecular formula is C21H12F6N2O2. The molecule has 0 radical (unpaired) electrons. The van der Waals surface area contributed by atoms with Gasteiger partial charge in [-0.15, -0.1) is 26.3 Å². The lowest BCUT2D eigenvalue weighted by Gasteiger charge is -2.18. The average molecular weight is 438 g/mol. The van der Waals surface area contributed by atoms with E-state index in [2.05, 4.69) is 14.5 Å². The lowest BCUT2D eigenvalue weighted by atomic mass is 9.96. The third kappa shape index (κ3) is 5.66. The lowest BCUT2D eigenvalue weighted by molar-refractivity contribution is -0.275. The topological polar surface area (TPSA) is 55.1 Å². The van der Waals surface area contributed by atoms with Crippen LogP contribution in [-0.4, -0.2) is 17.7 Å². The van der Waals surface area contributed by atoms with E-state index >= 15 is 0 Å². The first-order valence-electron chi connectivity index (χ1n) is 8.63. The van der Waals surface area contributed by atoms with E-state index in [4.69, 9.17) is 5.26 Å². The van der Waals surface area contributed by atoms with Crippen molar-refractivity contribution in [2.45, 2.75) is 19.1 Å². The fourth-order valence-electron chi connectivity index (χ4n) is 2.89. The van der Waals surface area contributed by atoms with Crippen LogP contribution in [0.15, 0.2) is 60.8 Å². The van der Waals surface area contributed by atoms with Gasteiger partial charge < -0.3 is 9.47 Å². The van der Waals surface area contributed by atoms with Gasteiger partial charge in [0.15, 0.2) is 0 Å². The van der Waals surface area contributed by atoms with Crippen LogP contribution in [-0.2, 0) is 6.42 Å². The van der Waals surface area contributed by atoms with Crippen LogP contribution in [0.4, 0.5) is 26.3 Å². The highest BCUT2D eigenvalue weighted by atomic mass is 19.4. The summed E-state index contributed by atoms with van der Waals surface area (Å²) in [5.74, 6) is -1.15. The van der Waals surface area contributed by atoms with Crippen LogP contribution >= 0.6 is 0 Å². The Balaban J connectivity index is 2.24. The van der Waals surface area contributed by atoms with Gasteiger partial charge in [-0.1, -0.05) is 30.3 Å². The van der Waals surface area contributed by atoms with Gasteiger partial charge >= 0.3 is 12.7 Å². The summed E-state index contributed by atoms with van der Waals surface area (Å²) < 4.78 is 85.4. The summed E-state index contributed by atoms with van der Waals surface area (Å²) >= 11 is 0. The van der Waals surface area contributed by atoms with E-state index in [0.717, 1.165) is 12.1 Å². The first-order valence-corrected chi connectivity index (χ1v) is 8.63. The maximum Gasteiger partial charge on any atom is 0.573 e. The molecule has 160 valence electrons. The van der Waals surface area contributed by atoms with Crippen molar-refractivity contribution in [3.8, 4) is 40.0 Å². The zero-order chi connectivity index (χ0) is 22.6. The highest BCUT2D eigenvalue weighted by Gasteiger charge is 2.34. The predicted octanol–water partition coefficient (Wildman–Crippen LogP) is 6.28. The van der Waals surface area contributed by atoms with Gasteiger partial charge in [-0.2, -0.15) is 5.26 Å². The number of para-hydroxylation sites is 2. The number of ether oxygens (including phenoxy) is 2. The van der Waals surface area contributed by atoms with E-state index in [1.807, 2.05) is 6.07 Å². The highest BCUT2D eigenvalue weighted by molar-refractivity contribution is 5.86. The minimum atomic E-state index is -4.99. The monoisotopic (exact) mass is 438 g/mol. The molecule has 0 amide bonds. The molecule has 0 fully saturated rings. The molecule has 0 atom stereocenters. The van der Waals surface area contributed by atoms with Crippen molar-refractivity contribution in [1.29, 1.82) is 5.26 Å².